The van der Waals surface area contributed by atoms with Crippen LogP contribution in [0.3, 0.4) is 0 Å². The van der Waals surface area contributed by atoms with Crippen LogP contribution in [-0.4, -0.2) is 62.9 Å². The Hall–Kier alpha value is -1.83. The second-order valence-electron chi connectivity index (χ2n) is 4.92. The van der Waals surface area contributed by atoms with Gasteiger partial charge in [-0.2, -0.15) is 0 Å². The van der Waals surface area contributed by atoms with Gasteiger partial charge in [0.2, 0.25) is 0 Å². The lowest BCUT2D eigenvalue weighted by Gasteiger charge is -2.36. The highest BCUT2D eigenvalue weighted by atomic mass is 16.4. The zero-order chi connectivity index (χ0) is 14.6. The minimum atomic E-state index is -1.45. The highest BCUT2D eigenvalue weighted by Crippen LogP contribution is 2.21. The first-order valence-electron chi connectivity index (χ1n) is 5.94. The minimum absolute atomic E-state index is 0.304. The van der Waals surface area contributed by atoms with Gasteiger partial charge in [-0.15, -0.1) is 0 Å². The average Bonchev–Trinajstić information content (AvgIpc) is 2.27. The highest BCUT2D eigenvalue weighted by molar-refractivity contribution is 5.86. The summed E-state index contributed by atoms with van der Waals surface area (Å²) in [5.41, 5.74) is -0.815. The van der Waals surface area contributed by atoms with Crippen molar-refractivity contribution < 1.29 is 29.7 Å². The molecule has 2 amide bonds. The SMILES string of the molecule is CC1(O)CCN(C(=O)N[C@H](CC(=O)O)C(=O)O)CC1. The fourth-order valence-electron chi connectivity index (χ4n) is 1.81. The van der Waals surface area contributed by atoms with Gasteiger partial charge >= 0.3 is 18.0 Å². The molecule has 0 aliphatic carbocycles. The van der Waals surface area contributed by atoms with Gasteiger partial charge in [-0.3, -0.25) is 4.79 Å². The second kappa shape index (κ2) is 5.87. The van der Waals surface area contributed by atoms with Crippen LogP contribution in [0, 0.1) is 0 Å². The maximum atomic E-state index is 11.8. The van der Waals surface area contributed by atoms with Gasteiger partial charge in [0.15, 0.2) is 0 Å². The van der Waals surface area contributed by atoms with Crippen LogP contribution in [0.5, 0.6) is 0 Å². The number of aliphatic carboxylic acids is 2. The molecule has 4 N–H and O–H groups in total. The average molecular weight is 274 g/mol. The molecule has 0 unspecified atom stereocenters. The topological polar surface area (TPSA) is 127 Å². The molecule has 1 aliphatic heterocycles. The number of hydrogen-bond acceptors (Lipinski definition) is 4. The van der Waals surface area contributed by atoms with E-state index in [0.717, 1.165) is 0 Å². The van der Waals surface area contributed by atoms with Crippen molar-refractivity contribution in [3.63, 3.8) is 0 Å². The predicted molar refractivity (Wildman–Crippen MR) is 63.6 cm³/mol. The summed E-state index contributed by atoms with van der Waals surface area (Å²) in [5.74, 6) is -2.69. The quantitative estimate of drug-likeness (QED) is 0.546. The summed E-state index contributed by atoms with van der Waals surface area (Å²) in [4.78, 5) is 34.5. The molecule has 0 bridgehead atoms. The molecular formula is C11H18N2O6. The van der Waals surface area contributed by atoms with Crippen molar-refractivity contribution in [2.24, 2.45) is 0 Å². The first-order chi connectivity index (χ1) is 8.71. The molecule has 0 aromatic heterocycles. The third-order valence-corrected chi connectivity index (χ3v) is 3.10. The number of urea groups is 1. The molecule has 0 spiro atoms. The largest absolute Gasteiger partial charge is 0.481 e. The van der Waals surface area contributed by atoms with E-state index in [4.69, 9.17) is 10.2 Å². The molecule has 0 aromatic carbocycles. The van der Waals surface area contributed by atoms with Gasteiger partial charge in [-0.1, -0.05) is 0 Å². The Morgan fingerprint density at radius 3 is 2.21 bits per heavy atom. The van der Waals surface area contributed by atoms with Crippen LogP contribution in [0.1, 0.15) is 26.2 Å². The molecule has 1 rings (SSSR count). The maximum absolute atomic E-state index is 11.8. The van der Waals surface area contributed by atoms with E-state index < -0.39 is 36.0 Å². The fourth-order valence-corrected chi connectivity index (χ4v) is 1.81. The molecule has 0 radical (unpaired) electrons. The van der Waals surface area contributed by atoms with Gasteiger partial charge in [-0.05, 0) is 19.8 Å². The number of amides is 2. The van der Waals surface area contributed by atoms with Crippen LogP contribution in [0.25, 0.3) is 0 Å². The molecule has 0 saturated carbocycles. The monoisotopic (exact) mass is 274 g/mol. The molecule has 1 aliphatic rings. The maximum Gasteiger partial charge on any atom is 0.326 e. The van der Waals surface area contributed by atoms with Gasteiger partial charge in [0, 0.05) is 13.1 Å². The lowest BCUT2D eigenvalue weighted by atomic mass is 9.94. The second-order valence-corrected chi connectivity index (χ2v) is 4.92. The van der Waals surface area contributed by atoms with Crippen molar-refractivity contribution in [1.29, 1.82) is 0 Å². The van der Waals surface area contributed by atoms with Crippen LogP contribution in [-0.2, 0) is 9.59 Å². The van der Waals surface area contributed by atoms with Crippen molar-refractivity contribution in [1.82, 2.24) is 10.2 Å². The number of carboxylic acid groups (broad SMARTS) is 2. The number of aliphatic hydroxyl groups is 1. The van der Waals surface area contributed by atoms with Crippen molar-refractivity contribution in [2.75, 3.05) is 13.1 Å². The number of likely N-dealkylation sites (tertiary alicyclic amines) is 1. The van der Waals surface area contributed by atoms with Crippen molar-refractivity contribution >= 4 is 18.0 Å². The molecule has 0 aromatic rings. The minimum Gasteiger partial charge on any atom is -0.481 e. The van der Waals surface area contributed by atoms with Crippen LogP contribution in [0.4, 0.5) is 4.79 Å². The van der Waals surface area contributed by atoms with Gasteiger partial charge < -0.3 is 25.5 Å². The first kappa shape index (κ1) is 15.2. The Morgan fingerprint density at radius 1 is 1.26 bits per heavy atom. The Labute approximate surface area is 110 Å². The highest BCUT2D eigenvalue weighted by Gasteiger charge is 2.31. The summed E-state index contributed by atoms with van der Waals surface area (Å²) in [6.07, 6.45) is 0.126. The van der Waals surface area contributed by atoms with E-state index >= 15 is 0 Å². The Balaban J connectivity index is 2.53. The number of nitrogens with zero attached hydrogens (tertiary/aromatic N) is 1. The van der Waals surface area contributed by atoms with Crippen molar-refractivity contribution in [3.05, 3.63) is 0 Å². The summed E-state index contributed by atoms with van der Waals surface area (Å²) >= 11 is 0. The summed E-state index contributed by atoms with van der Waals surface area (Å²) in [6.45, 7) is 2.28. The lowest BCUT2D eigenvalue weighted by Crippen LogP contribution is -2.52. The summed E-state index contributed by atoms with van der Waals surface area (Å²) < 4.78 is 0. The van der Waals surface area contributed by atoms with Gasteiger partial charge in [0.1, 0.15) is 6.04 Å². The summed E-state index contributed by atoms with van der Waals surface area (Å²) in [7, 11) is 0. The van der Waals surface area contributed by atoms with E-state index in [2.05, 4.69) is 5.32 Å². The molecule has 108 valence electrons. The van der Waals surface area contributed by atoms with Crippen LogP contribution < -0.4 is 5.32 Å². The Morgan fingerprint density at radius 2 is 1.79 bits per heavy atom. The van der Waals surface area contributed by atoms with Crippen LogP contribution in [0.15, 0.2) is 0 Å². The number of rotatable bonds is 4. The van der Waals surface area contributed by atoms with Crippen molar-refractivity contribution in [3.8, 4) is 0 Å². The normalized spacial score (nSPS) is 19.6. The van der Waals surface area contributed by atoms with Gasteiger partial charge in [0.25, 0.3) is 0 Å². The van der Waals surface area contributed by atoms with Crippen LogP contribution in [0.2, 0.25) is 0 Å². The van der Waals surface area contributed by atoms with E-state index in [9.17, 15) is 19.5 Å². The number of carbonyl (C=O) groups is 3. The van der Waals surface area contributed by atoms with E-state index in [1.807, 2.05) is 0 Å². The number of piperidine rings is 1. The van der Waals surface area contributed by atoms with Crippen LogP contribution >= 0.6 is 0 Å². The molecule has 1 fully saturated rings. The zero-order valence-corrected chi connectivity index (χ0v) is 10.6. The standard InChI is InChI=1S/C11H18N2O6/c1-11(19)2-4-13(5-3-11)10(18)12-7(9(16)17)6-8(14)15/h7,19H,2-6H2,1H3,(H,12,18)(H,14,15)(H,16,17)/t7-/m1/s1. The molecule has 8 heteroatoms. The molecule has 1 heterocycles. The predicted octanol–water partition coefficient (Wildman–Crippen LogP) is -0.529. The van der Waals surface area contributed by atoms with Gasteiger partial charge in [0.05, 0.1) is 12.0 Å². The third-order valence-electron chi connectivity index (χ3n) is 3.10. The summed E-state index contributed by atoms with van der Waals surface area (Å²) in [5, 5.41) is 29.3. The van der Waals surface area contributed by atoms with E-state index in [-0.39, 0.29) is 0 Å². The first-order valence-corrected chi connectivity index (χ1v) is 5.94. The molecule has 1 atom stereocenters. The molecule has 8 nitrogen and oxygen atoms in total. The Bertz CT molecular complexity index is 371. The molecular weight excluding hydrogens is 256 g/mol. The molecule has 1 saturated heterocycles. The van der Waals surface area contributed by atoms with Gasteiger partial charge in [-0.25, -0.2) is 9.59 Å². The van der Waals surface area contributed by atoms with E-state index in [0.29, 0.717) is 25.9 Å². The lowest BCUT2D eigenvalue weighted by molar-refractivity contribution is -0.145. The number of nitrogens with one attached hydrogen (secondary N) is 1. The zero-order valence-electron chi connectivity index (χ0n) is 10.6. The van der Waals surface area contributed by atoms with E-state index in [1.165, 1.54) is 4.90 Å². The summed E-state index contributed by atoms with van der Waals surface area (Å²) in [6, 6.07) is -2.07. The number of carbonyl (C=O) groups excluding carboxylic acids is 1. The Kier molecular flexibility index (Phi) is 4.71. The fraction of sp³-hybridized carbons (Fsp3) is 0.727. The number of hydrogen-bond donors (Lipinski definition) is 4. The number of carboxylic acids is 2. The third kappa shape index (κ3) is 4.74. The molecule has 19 heavy (non-hydrogen) atoms. The van der Waals surface area contributed by atoms with E-state index in [1.54, 1.807) is 6.92 Å². The smallest absolute Gasteiger partial charge is 0.326 e. The van der Waals surface area contributed by atoms with Crippen molar-refractivity contribution in [2.45, 2.75) is 37.8 Å².